The van der Waals surface area contributed by atoms with Crippen LogP contribution in [0.4, 0.5) is 0 Å². The summed E-state index contributed by atoms with van der Waals surface area (Å²) in [5.74, 6) is 0.584. The van der Waals surface area contributed by atoms with Gasteiger partial charge in [-0.2, -0.15) is 0 Å². The Morgan fingerprint density at radius 1 is 1.10 bits per heavy atom. The van der Waals surface area contributed by atoms with Gasteiger partial charge in [0.05, 0.1) is 0 Å². The van der Waals surface area contributed by atoms with Crippen LogP contribution in [0.1, 0.15) is 52.6 Å². The maximum Gasteiger partial charge on any atom is 0.0389 e. The fraction of sp³-hybridized carbons (Fsp3) is 0.400. The summed E-state index contributed by atoms with van der Waals surface area (Å²) in [5.41, 5.74) is 7.28. The second-order valence-corrected chi connectivity index (χ2v) is 6.32. The van der Waals surface area contributed by atoms with Crippen LogP contribution in [0, 0.1) is 13.8 Å². The van der Waals surface area contributed by atoms with Crippen LogP contribution in [-0.4, -0.2) is 7.05 Å². The molecule has 2 atom stereocenters. The van der Waals surface area contributed by atoms with E-state index in [4.69, 9.17) is 0 Å². The number of aryl methyl sites for hydroxylation is 3. The van der Waals surface area contributed by atoms with E-state index < -0.39 is 0 Å². The van der Waals surface area contributed by atoms with Crippen molar-refractivity contribution in [2.45, 2.75) is 45.1 Å². The van der Waals surface area contributed by atoms with Crippen molar-refractivity contribution in [2.24, 2.45) is 0 Å². The molecule has 1 aliphatic rings. The average molecular weight is 279 g/mol. The Morgan fingerprint density at radius 2 is 1.90 bits per heavy atom. The van der Waals surface area contributed by atoms with Crippen LogP contribution in [0.2, 0.25) is 0 Å². The predicted molar refractivity (Wildman–Crippen MR) is 89.8 cm³/mol. The van der Waals surface area contributed by atoms with E-state index in [9.17, 15) is 0 Å². The molecule has 0 heterocycles. The van der Waals surface area contributed by atoms with E-state index in [1.807, 2.05) is 0 Å². The third kappa shape index (κ3) is 2.75. The maximum atomic E-state index is 3.60. The van der Waals surface area contributed by atoms with Crippen molar-refractivity contribution in [2.75, 3.05) is 7.05 Å². The third-order valence-electron chi connectivity index (χ3n) is 4.90. The lowest BCUT2D eigenvalue weighted by atomic mass is 9.76. The highest BCUT2D eigenvalue weighted by Gasteiger charge is 2.28. The van der Waals surface area contributed by atoms with Crippen molar-refractivity contribution in [3.8, 4) is 0 Å². The minimum absolute atomic E-state index is 0.409. The van der Waals surface area contributed by atoms with Gasteiger partial charge in [0.1, 0.15) is 0 Å². The second-order valence-electron chi connectivity index (χ2n) is 6.32. The average Bonchev–Trinajstić information content (AvgIpc) is 2.51. The minimum atomic E-state index is 0.409. The molecule has 2 aromatic carbocycles. The van der Waals surface area contributed by atoms with Gasteiger partial charge in [-0.05, 0) is 62.4 Å². The zero-order valence-electron chi connectivity index (χ0n) is 13.3. The number of benzene rings is 2. The Hall–Kier alpha value is -1.60. The van der Waals surface area contributed by atoms with E-state index in [1.165, 1.54) is 36.0 Å². The summed E-state index contributed by atoms with van der Waals surface area (Å²) in [6.45, 7) is 4.42. The van der Waals surface area contributed by atoms with Crippen LogP contribution in [0.5, 0.6) is 0 Å². The first-order valence-corrected chi connectivity index (χ1v) is 8.03. The Morgan fingerprint density at radius 3 is 2.71 bits per heavy atom. The highest BCUT2D eigenvalue weighted by Crippen LogP contribution is 2.41. The molecule has 110 valence electrons. The zero-order valence-corrected chi connectivity index (χ0v) is 13.3. The molecule has 0 aromatic heterocycles. The lowest BCUT2D eigenvalue weighted by Crippen LogP contribution is -2.27. The van der Waals surface area contributed by atoms with E-state index in [2.05, 4.69) is 68.7 Å². The molecule has 2 aromatic rings. The first kappa shape index (κ1) is 14.3. The van der Waals surface area contributed by atoms with Crippen LogP contribution in [0.15, 0.2) is 42.5 Å². The van der Waals surface area contributed by atoms with Gasteiger partial charge in [0.15, 0.2) is 0 Å². The van der Waals surface area contributed by atoms with Crippen molar-refractivity contribution in [1.82, 2.24) is 5.32 Å². The Balaban J connectivity index is 2.03. The molecule has 1 N–H and O–H groups in total. The van der Waals surface area contributed by atoms with Gasteiger partial charge in [-0.1, -0.05) is 48.0 Å². The molecule has 0 saturated carbocycles. The minimum Gasteiger partial charge on any atom is -0.312 e. The number of likely N-dealkylation sites (N-methyl/N-ethyl adjacent to an activating group) is 1. The van der Waals surface area contributed by atoms with Crippen molar-refractivity contribution in [3.63, 3.8) is 0 Å². The summed E-state index contributed by atoms with van der Waals surface area (Å²) in [5, 5.41) is 3.60. The van der Waals surface area contributed by atoms with Crippen LogP contribution in [-0.2, 0) is 6.42 Å². The van der Waals surface area contributed by atoms with Crippen LogP contribution in [0.25, 0.3) is 0 Å². The number of hydrogen-bond donors (Lipinski definition) is 1. The Kier molecular flexibility index (Phi) is 4.12. The molecule has 0 spiro atoms. The molecule has 1 aliphatic carbocycles. The van der Waals surface area contributed by atoms with Gasteiger partial charge in [-0.15, -0.1) is 0 Å². The first-order chi connectivity index (χ1) is 10.2. The fourth-order valence-corrected chi connectivity index (χ4v) is 3.81. The highest BCUT2D eigenvalue weighted by atomic mass is 14.9. The second kappa shape index (κ2) is 6.03. The highest BCUT2D eigenvalue weighted by molar-refractivity contribution is 5.39. The van der Waals surface area contributed by atoms with Gasteiger partial charge < -0.3 is 5.32 Å². The van der Waals surface area contributed by atoms with E-state index in [0.29, 0.717) is 12.0 Å². The van der Waals surface area contributed by atoms with Gasteiger partial charge >= 0.3 is 0 Å². The summed E-state index contributed by atoms with van der Waals surface area (Å²) in [6, 6.07) is 16.2. The summed E-state index contributed by atoms with van der Waals surface area (Å²) >= 11 is 0. The predicted octanol–water partition coefficient (Wildman–Crippen LogP) is 4.68. The van der Waals surface area contributed by atoms with Gasteiger partial charge in [0.2, 0.25) is 0 Å². The molecule has 0 amide bonds. The summed E-state index contributed by atoms with van der Waals surface area (Å²) < 4.78 is 0. The molecule has 2 unspecified atom stereocenters. The van der Waals surface area contributed by atoms with Crippen molar-refractivity contribution in [1.29, 1.82) is 0 Å². The molecular formula is C20H25N. The lowest BCUT2D eigenvalue weighted by Gasteiger charge is -2.33. The molecule has 1 heteroatoms. The number of nitrogens with one attached hydrogen (secondary N) is 1. The number of fused-ring (bicyclic) bond motifs is 1. The molecule has 0 aliphatic heterocycles. The van der Waals surface area contributed by atoms with Gasteiger partial charge in [-0.25, -0.2) is 0 Å². The van der Waals surface area contributed by atoms with Crippen LogP contribution < -0.4 is 5.32 Å². The van der Waals surface area contributed by atoms with Crippen LogP contribution >= 0.6 is 0 Å². The Bertz CT molecular complexity index is 629. The quantitative estimate of drug-likeness (QED) is 0.860. The van der Waals surface area contributed by atoms with Crippen molar-refractivity contribution < 1.29 is 0 Å². The molecule has 0 fully saturated rings. The monoisotopic (exact) mass is 279 g/mol. The lowest BCUT2D eigenvalue weighted by molar-refractivity contribution is 0.423. The van der Waals surface area contributed by atoms with Crippen molar-refractivity contribution in [3.05, 3.63) is 70.3 Å². The fourth-order valence-electron chi connectivity index (χ4n) is 3.81. The maximum absolute atomic E-state index is 3.60. The smallest absolute Gasteiger partial charge is 0.0389 e. The Labute approximate surface area is 128 Å². The first-order valence-electron chi connectivity index (χ1n) is 8.03. The van der Waals surface area contributed by atoms with Crippen LogP contribution in [0.3, 0.4) is 0 Å². The van der Waals surface area contributed by atoms with E-state index >= 15 is 0 Å². The van der Waals surface area contributed by atoms with Gasteiger partial charge in [-0.3, -0.25) is 0 Å². The largest absolute Gasteiger partial charge is 0.312 e. The summed E-state index contributed by atoms with van der Waals surface area (Å²) in [6.07, 6.45) is 3.80. The molecular weight excluding hydrogens is 254 g/mol. The summed E-state index contributed by atoms with van der Waals surface area (Å²) in [4.78, 5) is 0. The summed E-state index contributed by atoms with van der Waals surface area (Å²) in [7, 11) is 2.10. The number of rotatable bonds is 3. The van der Waals surface area contributed by atoms with E-state index in [0.717, 1.165) is 0 Å². The number of hydrogen-bond acceptors (Lipinski definition) is 1. The van der Waals surface area contributed by atoms with Crippen molar-refractivity contribution >= 4 is 0 Å². The van der Waals surface area contributed by atoms with E-state index in [-0.39, 0.29) is 0 Å². The van der Waals surface area contributed by atoms with Gasteiger partial charge in [0.25, 0.3) is 0 Å². The molecule has 21 heavy (non-hydrogen) atoms. The third-order valence-corrected chi connectivity index (χ3v) is 4.90. The topological polar surface area (TPSA) is 12.0 Å². The zero-order chi connectivity index (χ0) is 14.8. The van der Waals surface area contributed by atoms with Gasteiger partial charge in [0, 0.05) is 12.0 Å². The molecule has 1 nitrogen and oxygen atoms in total. The molecule has 0 saturated heterocycles. The SMILES string of the molecule is CNC(c1cc(C)ccc1C)C1CCCc2ccccc21. The molecule has 3 rings (SSSR count). The van der Waals surface area contributed by atoms with E-state index in [1.54, 1.807) is 11.1 Å². The molecule has 0 radical (unpaired) electrons. The normalized spacial score (nSPS) is 19.1. The standard InChI is InChI=1S/C20H25N/c1-14-11-12-15(2)19(13-14)20(21-3)18-10-6-8-16-7-4-5-9-17(16)18/h4-5,7,9,11-13,18,20-21H,6,8,10H2,1-3H3. The molecule has 0 bridgehead atoms.